The molecule has 4 aromatic rings. The zero-order chi connectivity index (χ0) is 19.0. The van der Waals surface area contributed by atoms with Gasteiger partial charge in [-0.3, -0.25) is 4.79 Å². The van der Waals surface area contributed by atoms with Crippen LogP contribution in [0.3, 0.4) is 0 Å². The fraction of sp³-hybridized carbons (Fsp3) is 0.0909. The summed E-state index contributed by atoms with van der Waals surface area (Å²) in [5.74, 6) is -0.495. The van der Waals surface area contributed by atoms with Gasteiger partial charge in [-0.05, 0) is 53.6 Å². The first-order valence-corrected chi connectivity index (χ1v) is 8.47. The van der Waals surface area contributed by atoms with Gasteiger partial charge in [-0.2, -0.15) is 5.26 Å². The van der Waals surface area contributed by atoms with E-state index in [1.807, 2.05) is 30.3 Å². The number of carbonyl (C=O) groups is 1. The number of nitrogens with two attached hydrogens (primary N) is 1. The summed E-state index contributed by atoms with van der Waals surface area (Å²) in [6.07, 6.45) is 0. The van der Waals surface area contributed by atoms with E-state index < -0.39 is 5.91 Å². The molecule has 0 bridgehead atoms. The lowest BCUT2D eigenvalue weighted by Crippen LogP contribution is -2.11. The van der Waals surface area contributed by atoms with Crippen molar-refractivity contribution in [3.63, 3.8) is 0 Å². The third-order valence-electron chi connectivity index (χ3n) is 4.70. The van der Waals surface area contributed by atoms with Crippen LogP contribution in [0.2, 0.25) is 0 Å². The van der Waals surface area contributed by atoms with Crippen molar-refractivity contribution < 1.29 is 9.90 Å². The van der Waals surface area contributed by atoms with Gasteiger partial charge in [0.15, 0.2) is 0 Å². The smallest absolute Gasteiger partial charge is 0.249 e. The van der Waals surface area contributed by atoms with Crippen molar-refractivity contribution >= 4 is 27.7 Å². The van der Waals surface area contributed by atoms with Gasteiger partial charge in [-0.25, -0.2) is 0 Å². The second-order valence-corrected chi connectivity index (χ2v) is 6.39. The molecule has 0 atom stereocenters. The van der Waals surface area contributed by atoms with E-state index in [1.165, 1.54) is 0 Å². The van der Waals surface area contributed by atoms with E-state index in [1.54, 1.807) is 24.3 Å². The van der Waals surface area contributed by atoms with Gasteiger partial charge >= 0.3 is 0 Å². The molecule has 3 N–H and O–H groups in total. The van der Waals surface area contributed by atoms with Crippen LogP contribution in [0.25, 0.3) is 21.8 Å². The lowest BCUT2D eigenvalue weighted by Gasteiger charge is -2.09. The zero-order valence-corrected chi connectivity index (χ0v) is 14.4. The van der Waals surface area contributed by atoms with Gasteiger partial charge in [0.2, 0.25) is 5.91 Å². The summed E-state index contributed by atoms with van der Waals surface area (Å²) in [4.78, 5) is 12.0. The summed E-state index contributed by atoms with van der Waals surface area (Å²) in [6, 6.07) is 21.8. The Balaban J connectivity index is 2.03. The molecule has 1 heterocycles. The van der Waals surface area contributed by atoms with Crippen molar-refractivity contribution in [1.82, 2.24) is 4.57 Å². The van der Waals surface area contributed by atoms with Gasteiger partial charge in [0, 0.05) is 22.9 Å². The maximum atomic E-state index is 12.0. The van der Waals surface area contributed by atoms with Gasteiger partial charge in [0.25, 0.3) is 0 Å². The topological polar surface area (TPSA) is 92.0 Å². The minimum Gasteiger partial charge on any atom is -0.392 e. The molecule has 4 rings (SSSR count). The molecule has 27 heavy (non-hydrogen) atoms. The van der Waals surface area contributed by atoms with Gasteiger partial charge in [-0.1, -0.05) is 18.2 Å². The predicted molar refractivity (Wildman–Crippen MR) is 103 cm³/mol. The number of nitriles is 1. The number of hydrogen-bond acceptors (Lipinski definition) is 3. The summed E-state index contributed by atoms with van der Waals surface area (Å²) in [7, 11) is 0. The quantitative estimate of drug-likeness (QED) is 0.590. The fourth-order valence-corrected chi connectivity index (χ4v) is 3.49. The van der Waals surface area contributed by atoms with Crippen molar-refractivity contribution in [3.05, 3.63) is 82.9 Å². The molecule has 0 fully saturated rings. The maximum Gasteiger partial charge on any atom is 0.249 e. The molecule has 0 unspecified atom stereocenters. The number of benzene rings is 3. The minimum atomic E-state index is -0.495. The lowest BCUT2D eigenvalue weighted by atomic mass is 10.0. The first-order valence-electron chi connectivity index (χ1n) is 8.47. The largest absolute Gasteiger partial charge is 0.392 e. The number of fused-ring (bicyclic) bond motifs is 3. The van der Waals surface area contributed by atoms with Gasteiger partial charge < -0.3 is 15.4 Å². The van der Waals surface area contributed by atoms with Crippen LogP contribution in [0.15, 0.2) is 54.6 Å². The van der Waals surface area contributed by atoms with Crippen LogP contribution in [0.1, 0.15) is 27.0 Å². The number of nitrogens with zero attached hydrogens (tertiary/aromatic N) is 2. The maximum absolute atomic E-state index is 12.0. The van der Waals surface area contributed by atoms with Crippen molar-refractivity contribution in [2.24, 2.45) is 5.73 Å². The molecule has 0 saturated carbocycles. The highest BCUT2D eigenvalue weighted by Gasteiger charge is 2.17. The Hall–Kier alpha value is -3.62. The molecular weight excluding hydrogens is 338 g/mol. The molecular formula is C22H16N3O2. The SMILES string of the molecule is N#Cc1cccc(Cn2c3cc(CO)c[c]c3c3c(C(N)=O)cccc32)c1. The van der Waals surface area contributed by atoms with E-state index in [2.05, 4.69) is 16.7 Å². The monoisotopic (exact) mass is 354 g/mol. The molecule has 1 aromatic heterocycles. The second kappa shape index (κ2) is 6.60. The van der Waals surface area contributed by atoms with E-state index in [9.17, 15) is 9.90 Å². The number of aliphatic hydroxyl groups is 1. The molecule has 131 valence electrons. The predicted octanol–water partition coefficient (Wildman–Crippen LogP) is 3.11. The Morgan fingerprint density at radius 2 is 1.96 bits per heavy atom. The highest BCUT2D eigenvalue weighted by molar-refractivity contribution is 6.17. The Kier molecular flexibility index (Phi) is 4.11. The molecule has 0 aliphatic carbocycles. The number of aliphatic hydroxyl groups excluding tert-OH is 1. The zero-order valence-electron chi connectivity index (χ0n) is 14.4. The van der Waals surface area contributed by atoms with Crippen molar-refractivity contribution in [3.8, 4) is 6.07 Å². The van der Waals surface area contributed by atoms with Crippen LogP contribution in [0, 0.1) is 17.4 Å². The Bertz CT molecular complexity index is 1230. The molecule has 1 radical (unpaired) electrons. The van der Waals surface area contributed by atoms with Gasteiger partial charge in [0.05, 0.1) is 29.3 Å². The molecule has 0 spiro atoms. The average Bonchev–Trinajstić information content (AvgIpc) is 3.01. The van der Waals surface area contributed by atoms with Crippen LogP contribution in [-0.4, -0.2) is 15.6 Å². The third-order valence-corrected chi connectivity index (χ3v) is 4.70. The van der Waals surface area contributed by atoms with Crippen LogP contribution in [0.4, 0.5) is 0 Å². The molecule has 5 heteroatoms. The highest BCUT2D eigenvalue weighted by Crippen LogP contribution is 2.32. The Morgan fingerprint density at radius 3 is 2.70 bits per heavy atom. The number of rotatable bonds is 4. The first-order chi connectivity index (χ1) is 13.1. The summed E-state index contributed by atoms with van der Waals surface area (Å²) in [5.41, 5.74) is 10.0. The normalized spacial score (nSPS) is 11.0. The van der Waals surface area contributed by atoms with Crippen LogP contribution >= 0.6 is 0 Å². The summed E-state index contributed by atoms with van der Waals surface area (Å²) < 4.78 is 2.06. The lowest BCUT2D eigenvalue weighted by molar-refractivity contribution is 0.100. The molecule has 0 aliphatic rings. The summed E-state index contributed by atoms with van der Waals surface area (Å²) >= 11 is 0. The van der Waals surface area contributed by atoms with Crippen LogP contribution in [-0.2, 0) is 13.2 Å². The number of primary amides is 1. The second-order valence-electron chi connectivity index (χ2n) is 6.39. The molecule has 1 amide bonds. The minimum absolute atomic E-state index is 0.0967. The van der Waals surface area contributed by atoms with Gasteiger partial charge in [-0.15, -0.1) is 0 Å². The highest BCUT2D eigenvalue weighted by atomic mass is 16.3. The third kappa shape index (κ3) is 2.82. The van der Waals surface area contributed by atoms with E-state index >= 15 is 0 Å². The van der Waals surface area contributed by atoms with E-state index in [0.29, 0.717) is 17.7 Å². The molecule has 0 aliphatic heterocycles. The first kappa shape index (κ1) is 16.8. The number of amides is 1. The Labute approximate surface area is 155 Å². The molecule has 3 aromatic carbocycles. The van der Waals surface area contributed by atoms with Gasteiger partial charge in [0.1, 0.15) is 0 Å². The van der Waals surface area contributed by atoms with E-state index in [4.69, 9.17) is 11.0 Å². The van der Waals surface area contributed by atoms with Crippen molar-refractivity contribution in [1.29, 1.82) is 5.26 Å². The standard InChI is InChI=1S/C22H16N3O2/c23-11-14-3-1-4-15(9-14)12-25-19-6-2-5-18(22(24)27)21(19)17-8-7-16(13-26)10-20(17)25/h1-7,9-10,26H,12-13H2,(H2,24,27). The van der Waals surface area contributed by atoms with Crippen molar-refractivity contribution in [2.45, 2.75) is 13.2 Å². The van der Waals surface area contributed by atoms with Crippen LogP contribution in [0.5, 0.6) is 0 Å². The van der Waals surface area contributed by atoms with E-state index in [-0.39, 0.29) is 6.61 Å². The molecule has 5 nitrogen and oxygen atoms in total. The number of carbonyl (C=O) groups excluding carboxylic acids is 1. The molecule has 0 saturated heterocycles. The summed E-state index contributed by atoms with van der Waals surface area (Å²) in [5, 5.41) is 20.2. The average molecular weight is 354 g/mol. The fourth-order valence-electron chi connectivity index (χ4n) is 3.49. The number of aromatic nitrogens is 1. The van der Waals surface area contributed by atoms with Crippen LogP contribution < -0.4 is 5.73 Å². The Morgan fingerprint density at radius 1 is 1.15 bits per heavy atom. The summed E-state index contributed by atoms with van der Waals surface area (Å²) in [6.45, 7) is 0.418. The van der Waals surface area contributed by atoms with Crippen molar-refractivity contribution in [2.75, 3.05) is 0 Å². The number of hydrogen-bond donors (Lipinski definition) is 2. The van der Waals surface area contributed by atoms with E-state index in [0.717, 1.165) is 32.9 Å².